The summed E-state index contributed by atoms with van der Waals surface area (Å²) in [6, 6.07) is 16.7. The number of anilines is 1. The van der Waals surface area contributed by atoms with Crippen molar-refractivity contribution in [2.75, 3.05) is 32.1 Å². The van der Waals surface area contributed by atoms with Crippen LogP contribution in [0.2, 0.25) is 0 Å². The number of nitrogens with one attached hydrogen (secondary N) is 1. The summed E-state index contributed by atoms with van der Waals surface area (Å²) in [5.41, 5.74) is 1.64. The topological polar surface area (TPSA) is 79.0 Å². The predicted molar refractivity (Wildman–Crippen MR) is 139 cm³/mol. The molecule has 2 aliphatic rings. The van der Waals surface area contributed by atoms with Crippen molar-refractivity contribution in [3.63, 3.8) is 0 Å². The first-order chi connectivity index (χ1) is 17.5. The highest BCUT2D eigenvalue weighted by Gasteiger charge is 2.44. The van der Waals surface area contributed by atoms with E-state index in [4.69, 9.17) is 4.74 Å². The van der Waals surface area contributed by atoms with Gasteiger partial charge >= 0.3 is 0 Å². The van der Waals surface area contributed by atoms with Crippen LogP contribution < -0.4 is 10.1 Å². The van der Waals surface area contributed by atoms with Gasteiger partial charge in [-0.25, -0.2) is 0 Å². The number of amides is 3. The Morgan fingerprint density at radius 3 is 2.56 bits per heavy atom. The molecular formula is C29H37N3O4. The fourth-order valence-corrected chi connectivity index (χ4v) is 5.49. The Morgan fingerprint density at radius 2 is 1.81 bits per heavy atom. The molecule has 2 aromatic rings. The number of likely N-dealkylation sites (tertiary alicyclic amines) is 2. The van der Waals surface area contributed by atoms with E-state index >= 15 is 0 Å². The van der Waals surface area contributed by atoms with Crippen molar-refractivity contribution in [3.05, 3.63) is 60.2 Å². The van der Waals surface area contributed by atoms with Crippen molar-refractivity contribution in [1.82, 2.24) is 9.80 Å². The minimum Gasteiger partial charge on any atom is -0.496 e. The highest BCUT2D eigenvalue weighted by atomic mass is 16.5. The van der Waals surface area contributed by atoms with Gasteiger partial charge in [0.1, 0.15) is 5.75 Å². The van der Waals surface area contributed by atoms with Crippen molar-refractivity contribution >= 4 is 23.4 Å². The lowest BCUT2D eigenvalue weighted by atomic mass is 9.82. The summed E-state index contributed by atoms with van der Waals surface area (Å²) in [5.74, 6) is 0.124. The number of para-hydroxylation sites is 2. The van der Waals surface area contributed by atoms with Crippen LogP contribution in [0, 0.1) is 11.8 Å². The first kappa shape index (κ1) is 25.7. The third-order valence-corrected chi connectivity index (χ3v) is 7.38. The standard InChI is InChI=1S/C29H37N3O4/c1-3-4-19-32-26(33)17-16-24(27(32)23-14-8-9-15-25(23)36-2)29(35)31-18-10-11-21(20-31)28(34)30-22-12-6-5-7-13-22/h5-9,12-15,21,24,27H,3-4,10-11,16-20H2,1-2H3,(H,30,34)/t21-,24-,27-/m0/s1. The van der Waals surface area contributed by atoms with Crippen molar-refractivity contribution in [3.8, 4) is 5.75 Å². The molecule has 4 rings (SSSR count). The molecule has 7 heteroatoms. The van der Waals surface area contributed by atoms with Crippen LogP contribution in [0.25, 0.3) is 0 Å². The molecule has 0 spiro atoms. The van der Waals surface area contributed by atoms with E-state index in [0.29, 0.717) is 38.2 Å². The lowest BCUT2D eigenvalue weighted by molar-refractivity contribution is -0.149. The van der Waals surface area contributed by atoms with E-state index in [9.17, 15) is 14.4 Å². The Hall–Kier alpha value is -3.35. The summed E-state index contributed by atoms with van der Waals surface area (Å²) in [7, 11) is 1.62. The SMILES string of the molecule is CCCCN1C(=O)CC[C@H](C(=O)N2CCC[C@H](C(=O)Nc3ccccc3)C2)[C@@H]1c1ccccc1OC. The molecule has 2 fully saturated rings. The Bertz CT molecular complexity index is 1060. The number of piperidine rings is 2. The predicted octanol–water partition coefficient (Wildman–Crippen LogP) is 4.65. The van der Waals surface area contributed by atoms with Gasteiger partial charge in [0.2, 0.25) is 17.7 Å². The van der Waals surface area contributed by atoms with E-state index in [2.05, 4.69) is 12.2 Å². The van der Waals surface area contributed by atoms with Crippen LogP contribution in [0.4, 0.5) is 5.69 Å². The average molecular weight is 492 g/mol. The van der Waals surface area contributed by atoms with Crippen molar-refractivity contribution in [2.45, 2.75) is 51.5 Å². The fourth-order valence-electron chi connectivity index (χ4n) is 5.49. The van der Waals surface area contributed by atoms with E-state index in [1.807, 2.05) is 64.4 Å². The summed E-state index contributed by atoms with van der Waals surface area (Å²) < 4.78 is 5.65. The zero-order valence-electron chi connectivity index (χ0n) is 21.3. The van der Waals surface area contributed by atoms with Crippen molar-refractivity contribution < 1.29 is 19.1 Å². The molecule has 3 amide bonds. The van der Waals surface area contributed by atoms with Gasteiger partial charge in [-0.2, -0.15) is 0 Å². The average Bonchev–Trinajstić information content (AvgIpc) is 2.92. The summed E-state index contributed by atoms with van der Waals surface area (Å²) in [4.78, 5) is 43.8. The minimum atomic E-state index is -0.375. The van der Waals surface area contributed by atoms with E-state index in [0.717, 1.165) is 36.9 Å². The number of hydrogen-bond acceptors (Lipinski definition) is 4. The maximum Gasteiger partial charge on any atom is 0.229 e. The molecule has 0 bridgehead atoms. The minimum absolute atomic E-state index is 0.0251. The van der Waals surface area contributed by atoms with Gasteiger partial charge in [-0.1, -0.05) is 49.7 Å². The third-order valence-electron chi connectivity index (χ3n) is 7.38. The quantitative estimate of drug-likeness (QED) is 0.583. The largest absolute Gasteiger partial charge is 0.496 e. The van der Waals surface area contributed by atoms with Gasteiger partial charge in [0.25, 0.3) is 0 Å². The van der Waals surface area contributed by atoms with Crippen LogP contribution in [0.1, 0.15) is 57.1 Å². The van der Waals surface area contributed by atoms with E-state index in [1.165, 1.54) is 0 Å². The molecule has 2 saturated heterocycles. The lowest BCUT2D eigenvalue weighted by Gasteiger charge is -2.44. The zero-order chi connectivity index (χ0) is 25.5. The Morgan fingerprint density at radius 1 is 1.06 bits per heavy atom. The highest BCUT2D eigenvalue weighted by molar-refractivity contribution is 5.93. The second kappa shape index (κ2) is 12.1. The molecule has 0 aliphatic carbocycles. The first-order valence-electron chi connectivity index (χ1n) is 13.1. The number of carbonyl (C=O) groups is 3. The number of ether oxygens (including phenoxy) is 1. The molecule has 2 aromatic carbocycles. The molecule has 3 atom stereocenters. The number of unbranched alkanes of at least 4 members (excludes halogenated alkanes) is 1. The molecule has 0 saturated carbocycles. The van der Waals surface area contributed by atoms with Gasteiger partial charge < -0.3 is 19.9 Å². The smallest absolute Gasteiger partial charge is 0.229 e. The van der Waals surface area contributed by atoms with Gasteiger partial charge in [0, 0.05) is 37.3 Å². The van der Waals surface area contributed by atoms with Crippen LogP contribution >= 0.6 is 0 Å². The molecule has 2 heterocycles. The van der Waals surface area contributed by atoms with E-state index in [1.54, 1.807) is 7.11 Å². The maximum atomic E-state index is 14.0. The number of nitrogens with zero attached hydrogens (tertiary/aromatic N) is 2. The van der Waals surface area contributed by atoms with Crippen LogP contribution in [0.3, 0.4) is 0 Å². The van der Waals surface area contributed by atoms with Gasteiger partial charge in [-0.05, 0) is 43.9 Å². The normalized spacial score (nSPS) is 22.3. The second-order valence-corrected chi connectivity index (χ2v) is 9.75. The molecule has 0 aromatic heterocycles. The zero-order valence-corrected chi connectivity index (χ0v) is 21.3. The van der Waals surface area contributed by atoms with Crippen LogP contribution in [0.5, 0.6) is 5.75 Å². The van der Waals surface area contributed by atoms with E-state index in [-0.39, 0.29) is 35.6 Å². The van der Waals surface area contributed by atoms with Crippen molar-refractivity contribution in [2.24, 2.45) is 11.8 Å². The second-order valence-electron chi connectivity index (χ2n) is 9.75. The summed E-state index contributed by atoms with van der Waals surface area (Å²) in [6.07, 6.45) is 4.24. The number of methoxy groups -OCH3 is 1. The molecule has 7 nitrogen and oxygen atoms in total. The molecular weight excluding hydrogens is 454 g/mol. The monoisotopic (exact) mass is 491 g/mol. The first-order valence-corrected chi connectivity index (χ1v) is 13.1. The maximum absolute atomic E-state index is 14.0. The Balaban J connectivity index is 1.56. The Kier molecular flexibility index (Phi) is 8.62. The van der Waals surface area contributed by atoms with Gasteiger partial charge in [0.15, 0.2) is 0 Å². The lowest BCUT2D eigenvalue weighted by Crippen LogP contribution is -2.52. The molecule has 0 unspecified atom stereocenters. The van der Waals surface area contributed by atoms with Crippen molar-refractivity contribution in [1.29, 1.82) is 0 Å². The highest BCUT2D eigenvalue weighted by Crippen LogP contribution is 2.42. The van der Waals surface area contributed by atoms with Gasteiger partial charge in [0.05, 0.1) is 25.0 Å². The van der Waals surface area contributed by atoms with Crippen LogP contribution in [-0.2, 0) is 14.4 Å². The molecule has 36 heavy (non-hydrogen) atoms. The fraction of sp³-hybridized carbons (Fsp3) is 0.483. The number of benzene rings is 2. The summed E-state index contributed by atoms with van der Waals surface area (Å²) in [5, 5.41) is 2.99. The number of hydrogen-bond donors (Lipinski definition) is 1. The summed E-state index contributed by atoms with van der Waals surface area (Å²) in [6.45, 7) is 3.75. The summed E-state index contributed by atoms with van der Waals surface area (Å²) >= 11 is 0. The van der Waals surface area contributed by atoms with Crippen LogP contribution in [-0.4, -0.2) is 54.3 Å². The number of rotatable bonds is 8. The van der Waals surface area contributed by atoms with E-state index < -0.39 is 0 Å². The van der Waals surface area contributed by atoms with Gasteiger partial charge in [-0.3, -0.25) is 14.4 Å². The third kappa shape index (κ3) is 5.72. The molecule has 1 N–H and O–H groups in total. The molecule has 192 valence electrons. The van der Waals surface area contributed by atoms with Gasteiger partial charge in [-0.15, -0.1) is 0 Å². The molecule has 2 aliphatic heterocycles. The number of carbonyl (C=O) groups excluding carboxylic acids is 3. The van der Waals surface area contributed by atoms with Crippen LogP contribution in [0.15, 0.2) is 54.6 Å². The molecule has 0 radical (unpaired) electrons. The Labute approximate surface area is 213 Å².